The summed E-state index contributed by atoms with van der Waals surface area (Å²) in [6.45, 7) is 4.40. The highest BCUT2D eigenvalue weighted by Gasteiger charge is 2.47. The number of ether oxygens (including phenoxy) is 2. The zero-order chi connectivity index (χ0) is 11.2. The van der Waals surface area contributed by atoms with Gasteiger partial charge in [0.05, 0.1) is 28.5 Å². The molecule has 3 saturated heterocycles. The van der Waals surface area contributed by atoms with Crippen LogP contribution in [-0.4, -0.2) is 40.0 Å². The maximum atomic E-state index is 6.14. The van der Waals surface area contributed by atoms with Crippen molar-refractivity contribution in [1.29, 1.82) is 0 Å². The van der Waals surface area contributed by atoms with Crippen LogP contribution in [0, 0.1) is 0 Å². The van der Waals surface area contributed by atoms with Crippen LogP contribution in [0.2, 0.25) is 0 Å². The molecule has 16 heavy (non-hydrogen) atoms. The summed E-state index contributed by atoms with van der Waals surface area (Å²) in [6, 6.07) is 0. The van der Waals surface area contributed by atoms with Gasteiger partial charge < -0.3 is 9.47 Å². The summed E-state index contributed by atoms with van der Waals surface area (Å²) < 4.78 is 12.7. The van der Waals surface area contributed by atoms with Gasteiger partial charge in [0.1, 0.15) is 0 Å². The Bertz CT molecular complexity index is 272. The highest BCUT2D eigenvalue weighted by atomic mass is 32.2. The minimum Gasteiger partial charge on any atom is -0.372 e. The van der Waals surface area contributed by atoms with Crippen molar-refractivity contribution < 1.29 is 9.47 Å². The second-order valence-electron chi connectivity index (χ2n) is 5.25. The van der Waals surface area contributed by atoms with E-state index in [0.717, 1.165) is 11.5 Å². The molecule has 0 aromatic carbocycles. The first-order valence-corrected chi connectivity index (χ1v) is 8.23. The van der Waals surface area contributed by atoms with E-state index in [1.165, 1.54) is 19.3 Å². The van der Waals surface area contributed by atoms with Crippen molar-refractivity contribution in [3.05, 3.63) is 0 Å². The summed E-state index contributed by atoms with van der Waals surface area (Å²) in [6.07, 6.45) is 5.13. The van der Waals surface area contributed by atoms with E-state index >= 15 is 0 Å². The van der Waals surface area contributed by atoms with Gasteiger partial charge in [0, 0.05) is 11.5 Å². The smallest absolute Gasteiger partial charge is 0.0862 e. The third-order valence-electron chi connectivity index (χ3n) is 3.71. The molecule has 0 amide bonds. The van der Waals surface area contributed by atoms with E-state index in [1.807, 2.05) is 0 Å². The van der Waals surface area contributed by atoms with Crippen molar-refractivity contribution in [3.8, 4) is 0 Å². The number of fused-ring (bicyclic) bond motifs is 4. The van der Waals surface area contributed by atoms with Gasteiger partial charge in [-0.15, -0.1) is 23.5 Å². The van der Waals surface area contributed by atoms with Gasteiger partial charge in [0.2, 0.25) is 0 Å². The molecule has 4 fully saturated rings. The molecule has 0 aromatic heterocycles. The van der Waals surface area contributed by atoms with Crippen molar-refractivity contribution in [2.75, 3.05) is 11.5 Å². The molecule has 1 aliphatic carbocycles. The minimum atomic E-state index is 0.342. The fraction of sp³-hybridized carbons (Fsp3) is 1.00. The van der Waals surface area contributed by atoms with Crippen LogP contribution in [0.25, 0.3) is 0 Å². The highest BCUT2D eigenvalue weighted by molar-refractivity contribution is 8.18. The molecule has 0 radical (unpaired) electrons. The van der Waals surface area contributed by atoms with Crippen LogP contribution in [0.1, 0.15) is 33.1 Å². The summed E-state index contributed by atoms with van der Waals surface area (Å²) in [7, 11) is 0. The molecule has 0 N–H and O–H groups in total. The third-order valence-corrected chi connectivity index (χ3v) is 7.49. The minimum absolute atomic E-state index is 0.342. The fourth-order valence-electron chi connectivity index (χ4n) is 2.90. The molecule has 4 aliphatic rings. The van der Waals surface area contributed by atoms with Crippen molar-refractivity contribution in [3.63, 3.8) is 0 Å². The molecular weight excluding hydrogens is 240 g/mol. The molecule has 2 nitrogen and oxygen atoms in total. The lowest BCUT2D eigenvalue weighted by molar-refractivity contribution is -0.124. The second-order valence-corrected chi connectivity index (χ2v) is 8.31. The molecule has 3 aliphatic heterocycles. The van der Waals surface area contributed by atoms with E-state index in [2.05, 4.69) is 37.4 Å². The first kappa shape index (κ1) is 11.7. The fourth-order valence-corrected chi connectivity index (χ4v) is 5.96. The van der Waals surface area contributed by atoms with Gasteiger partial charge in [0.15, 0.2) is 0 Å². The van der Waals surface area contributed by atoms with Gasteiger partial charge >= 0.3 is 0 Å². The van der Waals surface area contributed by atoms with Crippen molar-refractivity contribution in [2.24, 2.45) is 0 Å². The third kappa shape index (κ3) is 2.14. The monoisotopic (exact) mass is 260 g/mol. The average Bonchev–Trinajstić information content (AvgIpc) is 2.38. The van der Waals surface area contributed by atoms with E-state index < -0.39 is 0 Å². The van der Waals surface area contributed by atoms with Gasteiger partial charge in [-0.05, 0) is 33.1 Å². The van der Waals surface area contributed by atoms with Crippen LogP contribution >= 0.6 is 23.5 Å². The van der Waals surface area contributed by atoms with E-state index in [1.54, 1.807) is 0 Å². The Hall–Kier alpha value is 0.620. The van der Waals surface area contributed by atoms with E-state index in [4.69, 9.17) is 9.47 Å². The van der Waals surface area contributed by atoms with Crippen LogP contribution in [0.5, 0.6) is 0 Å². The first-order valence-electron chi connectivity index (χ1n) is 6.26. The van der Waals surface area contributed by atoms with Crippen LogP contribution < -0.4 is 0 Å². The molecule has 1 spiro atoms. The molecule has 5 atom stereocenters. The molecular formula is C12H20O2S2. The SMILES string of the molecule is CC1CSC23CCC(O1)C(C2)OC(C)CS3. The number of thioether (sulfide) groups is 2. The summed E-state index contributed by atoms with van der Waals surface area (Å²) in [5, 5.41) is 0. The molecule has 4 heteroatoms. The second kappa shape index (κ2) is 4.38. The number of hydrogen-bond acceptors (Lipinski definition) is 4. The summed E-state index contributed by atoms with van der Waals surface area (Å²) in [4.78, 5) is 0. The molecule has 3 bridgehead atoms. The Morgan fingerprint density at radius 3 is 2.31 bits per heavy atom. The molecule has 3 heterocycles. The topological polar surface area (TPSA) is 18.5 Å². The van der Waals surface area contributed by atoms with Crippen LogP contribution in [0.15, 0.2) is 0 Å². The Morgan fingerprint density at radius 2 is 1.62 bits per heavy atom. The van der Waals surface area contributed by atoms with Gasteiger partial charge in [-0.3, -0.25) is 0 Å². The summed E-state index contributed by atoms with van der Waals surface area (Å²) in [5.74, 6) is 2.29. The molecule has 92 valence electrons. The highest BCUT2D eigenvalue weighted by Crippen LogP contribution is 2.53. The number of rotatable bonds is 0. The van der Waals surface area contributed by atoms with Gasteiger partial charge in [-0.1, -0.05) is 0 Å². The van der Waals surface area contributed by atoms with Crippen LogP contribution in [-0.2, 0) is 9.47 Å². The van der Waals surface area contributed by atoms with Crippen LogP contribution in [0.3, 0.4) is 0 Å². The zero-order valence-corrected chi connectivity index (χ0v) is 11.6. The summed E-state index contributed by atoms with van der Waals surface area (Å²) in [5.41, 5.74) is 0. The van der Waals surface area contributed by atoms with Crippen molar-refractivity contribution >= 4 is 23.5 Å². The lowest BCUT2D eigenvalue weighted by Gasteiger charge is -2.45. The predicted molar refractivity (Wildman–Crippen MR) is 70.2 cm³/mol. The first-order chi connectivity index (χ1) is 7.67. The van der Waals surface area contributed by atoms with Gasteiger partial charge in [-0.2, -0.15) is 0 Å². The quantitative estimate of drug-likeness (QED) is 0.666. The standard InChI is InChI=1S/C12H20O2S2/c1-8-6-15-12-4-3-10(13-8)11(5-12)14-9(2)7-16-12/h8-11H,3-7H2,1-2H3. The zero-order valence-electron chi connectivity index (χ0n) is 9.98. The van der Waals surface area contributed by atoms with Gasteiger partial charge in [0.25, 0.3) is 0 Å². The predicted octanol–water partition coefficient (Wildman–Crippen LogP) is 2.91. The Kier molecular flexibility index (Phi) is 3.20. The Morgan fingerprint density at radius 1 is 1.00 bits per heavy atom. The lowest BCUT2D eigenvalue weighted by Crippen LogP contribution is -2.47. The normalized spacial score (nSPS) is 52.9. The van der Waals surface area contributed by atoms with Gasteiger partial charge in [-0.25, -0.2) is 0 Å². The number of hydrogen-bond donors (Lipinski definition) is 0. The Labute approximate surface area is 106 Å². The maximum absolute atomic E-state index is 6.14. The van der Waals surface area contributed by atoms with Crippen molar-refractivity contribution in [1.82, 2.24) is 0 Å². The molecule has 0 aromatic rings. The average molecular weight is 260 g/mol. The maximum Gasteiger partial charge on any atom is 0.0862 e. The largest absolute Gasteiger partial charge is 0.372 e. The summed E-state index contributed by atoms with van der Waals surface area (Å²) >= 11 is 4.26. The van der Waals surface area contributed by atoms with E-state index in [0.29, 0.717) is 28.5 Å². The van der Waals surface area contributed by atoms with E-state index in [9.17, 15) is 0 Å². The molecule has 1 saturated carbocycles. The molecule has 5 unspecified atom stereocenters. The molecule has 4 rings (SSSR count). The van der Waals surface area contributed by atoms with Crippen LogP contribution in [0.4, 0.5) is 0 Å². The van der Waals surface area contributed by atoms with Crippen molar-refractivity contribution in [2.45, 2.75) is 61.6 Å². The lowest BCUT2D eigenvalue weighted by atomic mass is 9.93. The Balaban J connectivity index is 1.87. The van der Waals surface area contributed by atoms with E-state index in [-0.39, 0.29) is 0 Å².